The Kier molecular flexibility index (Phi) is 4.39. The Morgan fingerprint density at radius 1 is 1.29 bits per heavy atom. The van der Waals surface area contributed by atoms with E-state index in [0.29, 0.717) is 5.92 Å². The molecule has 0 aliphatic heterocycles. The van der Waals surface area contributed by atoms with E-state index in [1.54, 1.807) is 7.11 Å². The number of benzene rings is 1. The summed E-state index contributed by atoms with van der Waals surface area (Å²) in [4.78, 5) is 9.02. The maximum atomic E-state index is 5.37. The number of methoxy groups -OCH3 is 1. The van der Waals surface area contributed by atoms with Gasteiger partial charge in [0.25, 0.3) is 0 Å². The number of para-hydroxylation sites is 1. The molecule has 2 aromatic rings. The molecule has 110 valence electrons. The average molecular weight is 348 g/mol. The molecule has 0 radical (unpaired) electrons. The van der Waals surface area contributed by atoms with Gasteiger partial charge in [0.1, 0.15) is 22.0 Å². The average Bonchev–Trinajstić information content (AvgIpc) is 3.32. The maximum absolute atomic E-state index is 5.37. The van der Waals surface area contributed by atoms with Crippen LogP contribution >= 0.6 is 15.9 Å². The molecule has 1 N–H and O–H groups in total. The van der Waals surface area contributed by atoms with Crippen LogP contribution in [0, 0.1) is 0 Å². The van der Waals surface area contributed by atoms with E-state index in [9.17, 15) is 0 Å². The molecule has 5 heteroatoms. The quantitative estimate of drug-likeness (QED) is 0.807. The Hall–Kier alpha value is -1.62. The van der Waals surface area contributed by atoms with Gasteiger partial charge in [-0.3, -0.25) is 0 Å². The number of ether oxygens (including phenoxy) is 1. The van der Waals surface area contributed by atoms with E-state index in [1.807, 2.05) is 24.3 Å². The van der Waals surface area contributed by atoms with Crippen LogP contribution in [0.25, 0.3) is 0 Å². The van der Waals surface area contributed by atoms with Crippen molar-refractivity contribution in [2.45, 2.75) is 25.2 Å². The van der Waals surface area contributed by atoms with Crippen molar-refractivity contribution in [1.82, 2.24) is 9.97 Å². The second-order valence-electron chi connectivity index (χ2n) is 5.20. The molecule has 1 saturated carbocycles. The lowest BCUT2D eigenvalue weighted by Gasteiger charge is -2.10. The monoisotopic (exact) mass is 347 g/mol. The molecule has 0 bridgehead atoms. The fourth-order valence-corrected chi connectivity index (χ4v) is 2.68. The lowest BCUT2D eigenvalue weighted by Crippen LogP contribution is -2.08. The van der Waals surface area contributed by atoms with Gasteiger partial charge in [0.15, 0.2) is 0 Å². The first kappa shape index (κ1) is 14.3. The highest BCUT2D eigenvalue weighted by Crippen LogP contribution is 2.38. The molecule has 0 unspecified atom stereocenters. The largest absolute Gasteiger partial charge is 0.496 e. The zero-order chi connectivity index (χ0) is 14.7. The Balaban J connectivity index is 1.62. The Bertz CT molecular complexity index is 629. The van der Waals surface area contributed by atoms with Crippen LogP contribution in [-0.4, -0.2) is 23.6 Å². The summed E-state index contributed by atoms with van der Waals surface area (Å²) in [7, 11) is 1.70. The second kappa shape index (κ2) is 6.43. The van der Waals surface area contributed by atoms with Crippen LogP contribution < -0.4 is 10.1 Å². The number of halogens is 1. The minimum Gasteiger partial charge on any atom is -0.496 e. The first-order valence-electron chi connectivity index (χ1n) is 7.16. The fraction of sp³-hybridized carbons (Fsp3) is 0.375. The number of aromatic nitrogens is 2. The van der Waals surface area contributed by atoms with E-state index >= 15 is 0 Å². The van der Waals surface area contributed by atoms with Gasteiger partial charge in [-0.1, -0.05) is 18.2 Å². The third-order valence-electron chi connectivity index (χ3n) is 3.55. The highest BCUT2D eigenvalue weighted by Gasteiger charge is 2.27. The zero-order valence-electron chi connectivity index (χ0n) is 12.0. The van der Waals surface area contributed by atoms with E-state index in [-0.39, 0.29) is 0 Å². The summed E-state index contributed by atoms with van der Waals surface area (Å²) in [6, 6.07) is 10.0. The van der Waals surface area contributed by atoms with Crippen molar-refractivity contribution < 1.29 is 4.74 Å². The smallest absolute Gasteiger partial charge is 0.135 e. The van der Waals surface area contributed by atoms with Gasteiger partial charge in [0, 0.05) is 18.5 Å². The number of hydrogen-bond donors (Lipinski definition) is 1. The van der Waals surface area contributed by atoms with Gasteiger partial charge < -0.3 is 10.1 Å². The lowest BCUT2D eigenvalue weighted by atomic mass is 10.1. The molecule has 0 spiro atoms. The maximum Gasteiger partial charge on any atom is 0.135 e. The van der Waals surface area contributed by atoms with Gasteiger partial charge in [-0.15, -0.1) is 0 Å². The van der Waals surface area contributed by atoms with Crippen molar-refractivity contribution in [1.29, 1.82) is 0 Å². The molecule has 21 heavy (non-hydrogen) atoms. The van der Waals surface area contributed by atoms with Crippen molar-refractivity contribution in [3.63, 3.8) is 0 Å². The summed E-state index contributed by atoms with van der Waals surface area (Å²) < 4.78 is 6.21. The Morgan fingerprint density at radius 2 is 2.10 bits per heavy atom. The van der Waals surface area contributed by atoms with Crippen LogP contribution in [0.4, 0.5) is 5.82 Å². The molecule has 1 fully saturated rings. The Morgan fingerprint density at radius 3 is 2.86 bits per heavy atom. The van der Waals surface area contributed by atoms with Crippen LogP contribution in [0.5, 0.6) is 5.75 Å². The fourth-order valence-electron chi connectivity index (χ4n) is 2.28. The van der Waals surface area contributed by atoms with E-state index in [1.165, 1.54) is 18.4 Å². The summed E-state index contributed by atoms with van der Waals surface area (Å²) in [5.74, 6) is 3.32. The summed E-state index contributed by atoms with van der Waals surface area (Å²) in [6.45, 7) is 0.813. The molecule has 1 heterocycles. The number of nitrogens with zero attached hydrogens (tertiary/aromatic N) is 2. The van der Waals surface area contributed by atoms with Crippen molar-refractivity contribution in [3.8, 4) is 5.75 Å². The number of nitrogens with one attached hydrogen (secondary N) is 1. The van der Waals surface area contributed by atoms with Gasteiger partial charge in [0.2, 0.25) is 0 Å². The highest BCUT2D eigenvalue weighted by molar-refractivity contribution is 9.10. The summed E-state index contributed by atoms with van der Waals surface area (Å²) in [5.41, 5.74) is 1.20. The molecule has 1 aromatic heterocycles. The molecule has 1 aliphatic carbocycles. The van der Waals surface area contributed by atoms with Crippen molar-refractivity contribution >= 4 is 21.7 Å². The van der Waals surface area contributed by atoms with Crippen molar-refractivity contribution in [2.24, 2.45) is 0 Å². The molecule has 0 saturated heterocycles. The molecule has 1 aliphatic rings. The Labute approximate surface area is 133 Å². The number of anilines is 1. The van der Waals surface area contributed by atoms with Gasteiger partial charge >= 0.3 is 0 Å². The summed E-state index contributed by atoms with van der Waals surface area (Å²) >= 11 is 3.46. The minimum absolute atomic E-state index is 0.553. The van der Waals surface area contributed by atoms with Crippen LogP contribution in [0.1, 0.15) is 30.1 Å². The molecule has 3 rings (SSSR count). The van der Waals surface area contributed by atoms with E-state index in [0.717, 1.165) is 35.0 Å². The second-order valence-corrected chi connectivity index (χ2v) is 6.01. The van der Waals surface area contributed by atoms with Gasteiger partial charge in [0.05, 0.1) is 7.11 Å². The van der Waals surface area contributed by atoms with Gasteiger partial charge in [-0.25, -0.2) is 9.97 Å². The molecular weight excluding hydrogens is 330 g/mol. The predicted molar refractivity (Wildman–Crippen MR) is 86.9 cm³/mol. The molecule has 4 nitrogen and oxygen atoms in total. The van der Waals surface area contributed by atoms with E-state index in [4.69, 9.17) is 4.74 Å². The number of rotatable bonds is 6. The highest BCUT2D eigenvalue weighted by atomic mass is 79.9. The molecule has 0 atom stereocenters. The molecule has 0 amide bonds. The third kappa shape index (κ3) is 3.73. The zero-order valence-corrected chi connectivity index (χ0v) is 13.6. The van der Waals surface area contributed by atoms with Gasteiger partial charge in [-0.05, 0) is 46.8 Å². The summed E-state index contributed by atoms with van der Waals surface area (Å²) in [6.07, 6.45) is 3.30. The van der Waals surface area contributed by atoms with Gasteiger partial charge in [-0.2, -0.15) is 0 Å². The summed E-state index contributed by atoms with van der Waals surface area (Å²) in [5, 5.41) is 3.37. The normalized spacial score (nSPS) is 14.0. The number of hydrogen-bond acceptors (Lipinski definition) is 4. The van der Waals surface area contributed by atoms with Crippen LogP contribution in [0.3, 0.4) is 0 Å². The first-order valence-corrected chi connectivity index (χ1v) is 7.96. The first-order chi connectivity index (χ1) is 10.3. The predicted octanol–water partition coefficient (Wildman–Crippen LogP) is 3.78. The van der Waals surface area contributed by atoms with E-state index < -0.39 is 0 Å². The third-order valence-corrected chi connectivity index (χ3v) is 3.95. The standard InChI is InChI=1S/C16H18BrN3O/c1-21-13-5-3-2-4-11(13)8-9-18-15-10-14(17)19-16(20-15)12-6-7-12/h2-5,10,12H,6-9H2,1H3,(H,18,19,20). The minimum atomic E-state index is 0.553. The van der Waals surface area contributed by atoms with Crippen molar-refractivity contribution in [3.05, 3.63) is 46.3 Å². The topological polar surface area (TPSA) is 47.0 Å². The molecule has 1 aromatic carbocycles. The van der Waals surface area contributed by atoms with Crippen molar-refractivity contribution in [2.75, 3.05) is 19.0 Å². The molecular formula is C16H18BrN3O. The lowest BCUT2D eigenvalue weighted by molar-refractivity contribution is 0.410. The van der Waals surface area contributed by atoms with Crippen LogP contribution in [0.2, 0.25) is 0 Å². The van der Waals surface area contributed by atoms with Crippen LogP contribution in [0.15, 0.2) is 34.9 Å². The van der Waals surface area contributed by atoms with E-state index in [2.05, 4.69) is 37.3 Å². The van der Waals surface area contributed by atoms with Crippen LogP contribution in [-0.2, 0) is 6.42 Å². The SMILES string of the molecule is COc1ccccc1CCNc1cc(Br)nc(C2CC2)n1.